The molecule has 0 aliphatic carbocycles. The molecule has 4 nitrogen and oxygen atoms in total. The van der Waals surface area contributed by atoms with Crippen LogP contribution in [-0.4, -0.2) is 29.1 Å². The summed E-state index contributed by atoms with van der Waals surface area (Å²) in [6.45, 7) is 2.59. The van der Waals surface area contributed by atoms with E-state index in [1.807, 2.05) is 0 Å². The fourth-order valence-electron chi connectivity index (χ4n) is 1.19. The Morgan fingerprint density at radius 2 is 2.31 bits per heavy atom. The number of ether oxygens (including phenoxy) is 1. The summed E-state index contributed by atoms with van der Waals surface area (Å²) in [7, 11) is 0. The summed E-state index contributed by atoms with van der Waals surface area (Å²) in [5.41, 5.74) is 5.39. The minimum absolute atomic E-state index is 0.00378. The Morgan fingerprint density at radius 1 is 1.56 bits per heavy atom. The van der Waals surface area contributed by atoms with Gasteiger partial charge in [0.2, 0.25) is 0 Å². The van der Waals surface area contributed by atoms with E-state index in [1.165, 1.54) is 12.1 Å². The lowest BCUT2D eigenvalue weighted by Gasteiger charge is -2.09. The maximum Gasteiger partial charge on any atom is 0.252 e. The molecule has 1 aromatic carbocycles. The van der Waals surface area contributed by atoms with Crippen LogP contribution < -0.4 is 10.5 Å². The number of nitrogens with two attached hydrogens (primary N) is 1. The second kappa shape index (κ2) is 6.27. The molecule has 0 bridgehead atoms. The molecule has 1 aromatic rings. The molecule has 0 unspecified atom stereocenters. The Bertz CT molecular complexity index is 368. The maximum atomic E-state index is 11.1. The van der Waals surface area contributed by atoms with E-state index in [4.69, 9.17) is 10.5 Å². The summed E-state index contributed by atoms with van der Waals surface area (Å²) >= 11 is 1.75. The van der Waals surface area contributed by atoms with Crippen LogP contribution in [0.1, 0.15) is 17.3 Å². The summed E-state index contributed by atoms with van der Waals surface area (Å²) in [5, 5.41) is 9.23. The Morgan fingerprint density at radius 3 is 2.94 bits per heavy atom. The summed E-state index contributed by atoms with van der Waals surface area (Å²) in [6.07, 6.45) is 0. The Kier molecular flexibility index (Phi) is 4.98. The molecular formula is C11H15NO3S. The van der Waals surface area contributed by atoms with Gasteiger partial charge in [0.25, 0.3) is 5.91 Å². The standard InChI is InChI=1S/C11H15NO3S/c1-2-16-6-5-15-10-4-3-8(13)7-9(10)11(12)14/h3-4,7,13H,2,5-6H2,1H3,(H2,12,14). The molecule has 0 saturated heterocycles. The predicted octanol–water partition coefficient (Wildman–Crippen LogP) is 1.62. The first kappa shape index (κ1) is 12.7. The fraction of sp³-hybridized carbons (Fsp3) is 0.364. The van der Waals surface area contributed by atoms with E-state index in [-0.39, 0.29) is 11.3 Å². The zero-order valence-electron chi connectivity index (χ0n) is 9.10. The second-order valence-corrected chi connectivity index (χ2v) is 4.48. The van der Waals surface area contributed by atoms with Crippen molar-refractivity contribution in [2.24, 2.45) is 5.73 Å². The van der Waals surface area contributed by atoms with Gasteiger partial charge < -0.3 is 15.6 Å². The monoisotopic (exact) mass is 241 g/mol. The van der Waals surface area contributed by atoms with E-state index < -0.39 is 5.91 Å². The smallest absolute Gasteiger partial charge is 0.252 e. The number of hydrogen-bond acceptors (Lipinski definition) is 4. The molecule has 0 saturated carbocycles. The lowest BCUT2D eigenvalue weighted by molar-refractivity contribution is 0.0996. The van der Waals surface area contributed by atoms with Crippen molar-refractivity contribution in [2.45, 2.75) is 6.92 Å². The van der Waals surface area contributed by atoms with Gasteiger partial charge in [0.05, 0.1) is 12.2 Å². The number of hydrogen-bond donors (Lipinski definition) is 2. The summed E-state index contributed by atoms with van der Waals surface area (Å²) < 4.78 is 5.42. The van der Waals surface area contributed by atoms with Crippen LogP contribution in [0.15, 0.2) is 18.2 Å². The van der Waals surface area contributed by atoms with Crippen molar-refractivity contribution >= 4 is 17.7 Å². The molecule has 0 fully saturated rings. The first-order chi connectivity index (χ1) is 7.65. The Hall–Kier alpha value is -1.36. The van der Waals surface area contributed by atoms with Crippen molar-refractivity contribution < 1.29 is 14.6 Å². The SMILES string of the molecule is CCSCCOc1ccc(O)cc1C(N)=O. The average molecular weight is 241 g/mol. The van der Waals surface area contributed by atoms with Gasteiger partial charge in [0, 0.05) is 5.75 Å². The van der Waals surface area contributed by atoms with E-state index in [9.17, 15) is 9.90 Å². The maximum absolute atomic E-state index is 11.1. The third kappa shape index (κ3) is 3.66. The van der Waals surface area contributed by atoms with Gasteiger partial charge in [-0.25, -0.2) is 0 Å². The van der Waals surface area contributed by atoms with E-state index in [0.29, 0.717) is 12.4 Å². The average Bonchev–Trinajstić information content (AvgIpc) is 2.26. The van der Waals surface area contributed by atoms with E-state index in [0.717, 1.165) is 11.5 Å². The third-order valence-corrected chi connectivity index (χ3v) is 2.78. The molecule has 0 spiro atoms. The van der Waals surface area contributed by atoms with Gasteiger partial charge in [-0.3, -0.25) is 4.79 Å². The third-order valence-electron chi connectivity index (χ3n) is 1.92. The van der Waals surface area contributed by atoms with Gasteiger partial charge >= 0.3 is 0 Å². The van der Waals surface area contributed by atoms with Crippen molar-refractivity contribution in [3.8, 4) is 11.5 Å². The number of aromatic hydroxyl groups is 1. The van der Waals surface area contributed by atoms with Gasteiger partial charge in [-0.1, -0.05) is 6.92 Å². The van der Waals surface area contributed by atoms with Crippen LogP contribution in [-0.2, 0) is 0 Å². The highest BCUT2D eigenvalue weighted by molar-refractivity contribution is 7.99. The van der Waals surface area contributed by atoms with Crippen LogP contribution in [0.5, 0.6) is 11.5 Å². The van der Waals surface area contributed by atoms with E-state index in [2.05, 4.69) is 6.92 Å². The van der Waals surface area contributed by atoms with E-state index >= 15 is 0 Å². The van der Waals surface area contributed by atoms with Crippen molar-refractivity contribution in [2.75, 3.05) is 18.1 Å². The molecule has 1 amide bonds. The molecule has 0 atom stereocenters. The predicted molar refractivity (Wildman–Crippen MR) is 65.1 cm³/mol. The van der Waals surface area contributed by atoms with Crippen LogP contribution in [0, 0.1) is 0 Å². The number of thioether (sulfide) groups is 1. The zero-order valence-corrected chi connectivity index (χ0v) is 9.92. The largest absolute Gasteiger partial charge is 0.508 e. The number of carbonyl (C=O) groups excluding carboxylic acids is 1. The highest BCUT2D eigenvalue weighted by Crippen LogP contribution is 2.23. The second-order valence-electron chi connectivity index (χ2n) is 3.09. The molecule has 16 heavy (non-hydrogen) atoms. The van der Waals surface area contributed by atoms with Crippen LogP contribution in [0.2, 0.25) is 0 Å². The Labute approximate surface area is 98.8 Å². The van der Waals surface area contributed by atoms with Gasteiger partial charge in [0.1, 0.15) is 11.5 Å². The van der Waals surface area contributed by atoms with Gasteiger partial charge in [-0.05, 0) is 24.0 Å². The summed E-state index contributed by atoms with van der Waals surface area (Å²) in [6, 6.07) is 4.32. The number of benzene rings is 1. The molecule has 0 aliphatic heterocycles. The lowest BCUT2D eigenvalue weighted by atomic mass is 10.2. The van der Waals surface area contributed by atoms with Gasteiger partial charge in [0.15, 0.2) is 0 Å². The molecule has 0 aromatic heterocycles. The highest BCUT2D eigenvalue weighted by Gasteiger charge is 2.10. The molecule has 1 rings (SSSR count). The topological polar surface area (TPSA) is 72.6 Å². The van der Waals surface area contributed by atoms with E-state index in [1.54, 1.807) is 17.8 Å². The van der Waals surface area contributed by atoms with Gasteiger partial charge in [-0.15, -0.1) is 0 Å². The summed E-state index contributed by atoms with van der Waals surface area (Å²) in [4.78, 5) is 11.1. The first-order valence-electron chi connectivity index (χ1n) is 4.98. The fourth-order valence-corrected chi connectivity index (χ4v) is 1.68. The summed E-state index contributed by atoms with van der Waals surface area (Å²) in [5.74, 6) is 1.71. The van der Waals surface area contributed by atoms with Crippen molar-refractivity contribution in [3.05, 3.63) is 23.8 Å². The van der Waals surface area contributed by atoms with Gasteiger partial charge in [-0.2, -0.15) is 11.8 Å². The number of rotatable bonds is 6. The first-order valence-corrected chi connectivity index (χ1v) is 6.14. The van der Waals surface area contributed by atoms with Crippen LogP contribution in [0.3, 0.4) is 0 Å². The number of phenolic OH excluding ortho intramolecular Hbond substituents is 1. The molecule has 3 N–H and O–H groups in total. The van der Waals surface area contributed by atoms with Crippen LogP contribution in [0.25, 0.3) is 0 Å². The molecule has 5 heteroatoms. The molecule has 0 heterocycles. The molecular weight excluding hydrogens is 226 g/mol. The number of phenols is 1. The Balaban J connectivity index is 2.67. The van der Waals surface area contributed by atoms with Crippen LogP contribution >= 0.6 is 11.8 Å². The van der Waals surface area contributed by atoms with Crippen molar-refractivity contribution in [1.82, 2.24) is 0 Å². The number of amides is 1. The van der Waals surface area contributed by atoms with Crippen LogP contribution in [0.4, 0.5) is 0 Å². The van der Waals surface area contributed by atoms with Crippen molar-refractivity contribution in [1.29, 1.82) is 0 Å². The quantitative estimate of drug-likeness (QED) is 0.742. The molecule has 88 valence electrons. The number of primary amides is 1. The highest BCUT2D eigenvalue weighted by atomic mass is 32.2. The normalized spacial score (nSPS) is 10.1. The lowest BCUT2D eigenvalue weighted by Crippen LogP contribution is -2.13. The molecule has 0 radical (unpaired) electrons. The minimum Gasteiger partial charge on any atom is -0.508 e. The minimum atomic E-state index is -0.603. The molecule has 0 aliphatic rings. The van der Waals surface area contributed by atoms with Crippen molar-refractivity contribution in [3.63, 3.8) is 0 Å². The number of carbonyl (C=O) groups is 1. The zero-order chi connectivity index (χ0) is 12.0.